The van der Waals surface area contributed by atoms with E-state index in [9.17, 15) is 14.4 Å². The number of fused-ring (bicyclic) bond motifs is 2. The Morgan fingerprint density at radius 1 is 1.00 bits per heavy atom. The van der Waals surface area contributed by atoms with E-state index in [0.717, 1.165) is 33.8 Å². The minimum absolute atomic E-state index is 0.0258. The van der Waals surface area contributed by atoms with Gasteiger partial charge in [0.25, 0.3) is 0 Å². The number of carbonyl (C=O) groups excluding carboxylic acids is 3. The minimum atomic E-state index is -0.854. The van der Waals surface area contributed by atoms with Gasteiger partial charge in [0.2, 0.25) is 17.7 Å². The fraction of sp³-hybridized carbons (Fsp3) is 0.379. The van der Waals surface area contributed by atoms with E-state index in [2.05, 4.69) is 62.3 Å². The summed E-state index contributed by atoms with van der Waals surface area (Å²) >= 11 is 0. The van der Waals surface area contributed by atoms with E-state index in [1.54, 1.807) is 0 Å². The van der Waals surface area contributed by atoms with E-state index < -0.39 is 18.0 Å². The lowest BCUT2D eigenvalue weighted by molar-refractivity contribution is -0.132. The van der Waals surface area contributed by atoms with Crippen molar-refractivity contribution < 1.29 is 14.4 Å². The molecule has 2 aromatic carbocycles. The summed E-state index contributed by atoms with van der Waals surface area (Å²) < 4.78 is 0. The molecule has 10 nitrogen and oxygen atoms in total. The minimum Gasteiger partial charge on any atom is -0.370 e. The summed E-state index contributed by atoms with van der Waals surface area (Å²) in [6.45, 7) is 3.63. The Morgan fingerprint density at radius 3 is 2.38 bits per heavy atom. The highest BCUT2D eigenvalue weighted by molar-refractivity contribution is 6.07. The van der Waals surface area contributed by atoms with Crippen molar-refractivity contribution in [1.29, 1.82) is 0 Å². The van der Waals surface area contributed by atoms with Gasteiger partial charge in [-0.25, -0.2) is 0 Å². The van der Waals surface area contributed by atoms with E-state index in [0.29, 0.717) is 25.8 Å². The summed E-state index contributed by atoms with van der Waals surface area (Å²) in [7, 11) is 0. The van der Waals surface area contributed by atoms with Crippen molar-refractivity contribution in [1.82, 2.24) is 20.9 Å². The predicted octanol–water partition coefficient (Wildman–Crippen LogP) is 1.91. The maximum absolute atomic E-state index is 13.4. The third-order valence-corrected chi connectivity index (χ3v) is 6.84. The maximum atomic E-state index is 13.4. The van der Waals surface area contributed by atoms with E-state index >= 15 is 0 Å². The van der Waals surface area contributed by atoms with E-state index in [4.69, 9.17) is 11.5 Å². The summed E-state index contributed by atoms with van der Waals surface area (Å²) in [5.41, 5.74) is 15.0. The van der Waals surface area contributed by atoms with Crippen LogP contribution >= 0.6 is 0 Å². The van der Waals surface area contributed by atoms with Gasteiger partial charge in [0.1, 0.15) is 12.1 Å². The van der Waals surface area contributed by atoms with Gasteiger partial charge in [-0.2, -0.15) is 0 Å². The number of aliphatic imine (C=N–C) groups is 1. The molecule has 0 aliphatic carbocycles. The zero-order chi connectivity index (χ0) is 27.9. The number of guanidine groups is 1. The second kappa shape index (κ2) is 12.5. The largest absolute Gasteiger partial charge is 0.370 e. The molecule has 39 heavy (non-hydrogen) atoms. The molecule has 1 aliphatic heterocycles. The zero-order valence-corrected chi connectivity index (χ0v) is 22.4. The number of nitrogens with zero attached hydrogens (tertiary/aromatic N) is 1. The summed E-state index contributed by atoms with van der Waals surface area (Å²) in [6, 6.07) is 10.6. The van der Waals surface area contributed by atoms with Gasteiger partial charge in [-0.15, -0.1) is 0 Å². The van der Waals surface area contributed by atoms with Gasteiger partial charge in [-0.1, -0.05) is 24.3 Å². The molecule has 3 amide bonds. The predicted molar refractivity (Wildman–Crippen MR) is 154 cm³/mol. The summed E-state index contributed by atoms with van der Waals surface area (Å²) in [5, 5.41) is 10.8. The Bertz CT molecular complexity index is 1420. The number of aromatic amines is 1. The number of H-pyrrole nitrogens is 1. The quantitative estimate of drug-likeness (QED) is 0.128. The summed E-state index contributed by atoms with van der Waals surface area (Å²) in [6.07, 6.45) is 6.70. The number of benzene rings is 2. The smallest absolute Gasteiger partial charge is 0.243 e. The second-order valence-corrected chi connectivity index (χ2v) is 10.2. The molecule has 4 rings (SSSR count). The van der Waals surface area contributed by atoms with Gasteiger partial charge in [-0.05, 0) is 68.0 Å². The Labute approximate surface area is 227 Å². The van der Waals surface area contributed by atoms with Crippen LogP contribution in [0.25, 0.3) is 21.8 Å². The first-order valence-electron chi connectivity index (χ1n) is 13.3. The molecule has 0 saturated heterocycles. The fourth-order valence-electron chi connectivity index (χ4n) is 4.90. The van der Waals surface area contributed by atoms with Gasteiger partial charge in [0, 0.05) is 47.7 Å². The van der Waals surface area contributed by atoms with Crippen molar-refractivity contribution in [2.24, 2.45) is 16.5 Å². The number of aromatic nitrogens is 1. The lowest BCUT2D eigenvalue weighted by Crippen LogP contribution is -2.55. The van der Waals surface area contributed by atoms with E-state index in [-0.39, 0.29) is 30.2 Å². The SMILES string of the molecule is CC(=O)NC1Cc2ccc3[nH]c4ccc(cc4c3c2)C/C=C/C[C@@H](C)NC(=O)[C@@H](CCCN=C(N)N)NC1=O. The van der Waals surface area contributed by atoms with Crippen molar-refractivity contribution in [2.45, 2.75) is 64.1 Å². The molecule has 0 saturated carbocycles. The molecule has 206 valence electrons. The molecule has 8 N–H and O–H groups in total. The second-order valence-electron chi connectivity index (χ2n) is 10.2. The Kier molecular flexibility index (Phi) is 8.85. The van der Waals surface area contributed by atoms with Crippen LogP contribution in [0.5, 0.6) is 0 Å². The maximum Gasteiger partial charge on any atom is 0.243 e. The van der Waals surface area contributed by atoms with Crippen LogP contribution in [0, 0.1) is 0 Å². The Morgan fingerprint density at radius 2 is 1.69 bits per heavy atom. The molecule has 1 aliphatic rings. The van der Waals surface area contributed by atoms with E-state index in [1.165, 1.54) is 12.5 Å². The molecular formula is C29H37N7O3. The first-order valence-corrected chi connectivity index (χ1v) is 13.3. The zero-order valence-electron chi connectivity index (χ0n) is 22.4. The van der Waals surface area contributed by atoms with Crippen LogP contribution in [0.1, 0.15) is 44.2 Å². The van der Waals surface area contributed by atoms with Crippen molar-refractivity contribution >= 4 is 45.5 Å². The van der Waals surface area contributed by atoms with Crippen molar-refractivity contribution in [3.05, 3.63) is 59.7 Å². The molecule has 3 aromatic rings. The molecule has 10 heteroatoms. The van der Waals surface area contributed by atoms with Crippen LogP contribution in [0.3, 0.4) is 0 Å². The van der Waals surface area contributed by atoms with Gasteiger partial charge < -0.3 is 32.4 Å². The number of rotatable bonds is 5. The number of carbonyl (C=O) groups is 3. The highest BCUT2D eigenvalue weighted by Gasteiger charge is 2.27. The number of hydrogen-bond donors (Lipinski definition) is 6. The molecule has 4 bridgehead atoms. The first-order chi connectivity index (χ1) is 18.7. The molecule has 0 fully saturated rings. The number of allylic oxidation sites excluding steroid dienone is 1. The van der Waals surface area contributed by atoms with Crippen LogP contribution in [0.2, 0.25) is 0 Å². The van der Waals surface area contributed by atoms with Gasteiger partial charge >= 0.3 is 0 Å². The summed E-state index contributed by atoms with van der Waals surface area (Å²) in [4.78, 5) is 46.1. The lowest BCUT2D eigenvalue weighted by Gasteiger charge is -2.24. The van der Waals surface area contributed by atoms with Crippen LogP contribution < -0.4 is 27.4 Å². The fourth-order valence-corrected chi connectivity index (χ4v) is 4.90. The molecule has 2 heterocycles. The highest BCUT2D eigenvalue weighted by Crippen LogP contribution is 2.28. The Hall–Kier alpha value is -4.34. The molecular weight excluding hydrogens is 494 g/mol. The molecule has 1 aromatic heterocycles. The van der Waals surface area contributed by atoms with Crippen LogP contribution in [0.15, 0.2) is 53.5 Å². The lowest BCUT2D eigenvalue weighted by atomic mass is 10.0. The first kappa shape index (κ1) is 27.7. The van der Waals surface area contributed by atoms with Crippen LogP contribution in [0.4, 0.5) is 0 Å². The Balaban J connectivity index is 1.68. The number of nitrogens with one attached hydrogen (secondary N) is 4. The standard InChI is InChI=1S/C29H37N7O3/c1-17-6-3-4-7-19-9-11-23-21(14-19)22-15-20(10-12-24(22)35-23)16-26(34-18(2)37)28(39)36-25(27(38)33-17)8-5-13-32-29(30)31/h3-4,9-12,14-15,17,25-26,35H,5-8,13,16H2,1-2H3,(H,33,38)(H,34,37)(H,36,39)(H4,30,31,32)/b4-3+/t17-,25-,26?/m1/s1. The topological polar surface area (TPSA) is 167 Å². The third-order valence-electron chi connectivity index (χ3n) is 6.84. The van der Waals surface area contributed by atoms with Crippen molar-refractivity contribution in [3.8, 4) is 0 Å². The average molecular weight is 532 g/mol. The molecule has 0 radical (unpaired) electrons. The number of amides is 3. The van der Waals surface area contributed by atoms with Gasteiger partial charge in [-0.3, -0.25) is 19.4 Å². The molecule has 3 atom stereocenters. The summed E-state index contributed by atoms with van der Waals surface area (Å²) in [5.74, 6) is -1.07. The third kappa shape index (κ3) is 7.37. The highest BCUT2D eigenvalue weighted by atomic mass is 16.2. The number of hydrogen-bond acceptors (Lipinski definition) is 4. The van der Waals surface area contributed by atoms with Crippen molar-refractivity contribution in [2.75, 3.05) is 6.54 Å². The van der Waals surface area contributed by atoms with Crippen molar-refractivity contribution in [3.63, 3.8) is 0 Å². The van der Waals surface area contributed by atoms with Crippen LogP contribution in [-0.4, -0.2) is 53.3 Å². The molecule has 0 spiro atoms. The monoisotopic (exact) mass is 531 g/mol. The van der Waals surface area contributed by atoms with Gasteiger partial charge in [0.05, 0.1) is 0 Å². The normalized spacial score (nSPS) is 21.3. The average Bonchev–Trinajstić information content (AvgIpc) is 3.24. The molecule has 1 unspecified atom stereocenters. The van der Waals surface area contributed by atoms with E-state index in [1.807, 2.05) is 19.1 Å². The van der Waals surface area contributed by atoms with Crippen LogP contribution in [-0.2, 0) is 27.2 Å². The number of nitrogens with two attached hydrogens (primary N) is 2. The van der Waals surface area contributed by atoms with Gasteiger partial charge in [0.15, 0.2) is 5.96 Å².